The van der Waals surface area contributed by atoms with E-state index in [1.165, 1.54) is 12.1 Å². The summed E-state index contributed by atoms with van der Waals surface area (Å²) in [5.41, 5.74) is 3.23. The normalized spacial score (nSPS) is 22.4. The monoisotopic (exact) mass is 975 g/mol. The number of non-ortho nitro benzene ring substituents is 1. The van der Waals surface area contributed by atoms with Crippen LogP contribution in [0.4, 0.5) is 10.5 Å². The van der Waals surface area contributed by atoms with E-state index >= 15 is 4.79 Å². The van der Waals surface area contributed by atoms with Gasteiger partial charge in [0.25, 0.3) is 5.69 Å². The predicted molar refractivity (Wildman–Crippen MR) is 265 cm³/mol. The van der Waals surface area contributed by atoms with Crippen molar-refractivity contribution in [2.45, 2.75) is 102 Å². The second-order valence-corrected chi connectivity index (χ2v) is 19.3. The Morgan fingerprint density at radius 1 is 0.901 bits per heavy atom. The molecule has 378 valence electrons. The number of benzene rings is 4. The van der Waals surface area contributed by atoms with Gasteiger partial charge in [-0.25, -0.2) is 4.79 Å². The van der Waals surface area contributed by atoms with Gasteiger partial charge in [0, 0.05) is 43.7 Å². The number of unbranched alkanes of at least 4 members (excludes halogenated alkanes) is 2. The van der Waals surface area contributed by atoms with Gasteiger partial charge in [0.15, 0.2) is 11.5 Å². The number of nitro benzene ring substituents is 1. The van der Waals surface area contributed by atoms with Gasteiger partial charge < -0.3 is 48.2 Å². The fraction of sp³-hybridized carbons (Fsp3) is 0.455. The Balaban J connectivity index is 1.29. The molecule has 4 aromatic rings. The fourth-order valence-electron chi connectivity index (χ4n) is 10.3. The van der Waals surface area contributed by atoms with E-state index in [-0.39, 0.29) is 76.2 Å². The van der Waals surface area contributed by atoms with Crippen LogP contribution in [0.3, 0.4) is 0 Å². The first-order chi connectivity index (χ1) is 34.4. The maximum atomic E-state index is 15.1. The third-order valence-corrected chi connectivity index (χ3v) is 13.3. The number of hydrogen-bond acceptors (Lipinski definition) is 14. The van der Waals surface area contributed by atoms with Gasteiger partial charge in [0.05, 0.1) is 42.4 Å². The maximum Gasteiger partial charge on any atom is 0.410 e. The third-order valence-electron chi connectivity index (χ3n) is 13.3. The van der Waals surface area contributed by atoms with Crippen LogP contribution in [0.15, 0.2) is 120 Å². The number of aliphatic hydroxyl groups is 2. The fourth-order valence-corrected chi connectivity index (χ4v) is 10.3. The summed E-state index contributed by atoms with van der Waals surface area (Å²) in [6, 6.07) is 26.0. The molecule has 0 spiro atoms. The summed E-state index contributed by atoms with van der Waals surface area (Å²) in [5.74, 6) is -0.304. The molecular formula is C55H65N3O13. The molecule has 71 heavy (non-hydrogen) atoms. The highest BCUT2D eigenvalue weighted by Crippen LogP contribution is 2.62. The molecule has 2 N–H and O–H groups in total. The molecule has 0 saturated heterocycles. The first-order valence-electron chi connectivity index (χ1n) is 24.5. The molecule has 0 bridgehead atoms. The van der Waals surface area contributed by atoms with E-state index in [9.17, 15) is 20.3 Å². The van der Waals surface area contributed by atoms with E-state index in [4.69, 9.17) is 43.2 Å². The minimum atomic E-state index is -1.59. The van der Waals surface area contributed by atoms with Crippen LogP contribution in [0.2, 0.25) is 0 Å². The van der Waals surface area contributed by atoms with Crippen molar-refractivity contribution < 1.29 is 57.9 Å². The van der Waals surface area contributed by atoms with E-state index in [2.05, 4.69) is 12.7 Å². The highest BCUT2D eigenvalue weighted by molar-refractivity contribution is 6.03. The molecule has 0 radical (unpaired) electrons. The topological polar surface area (TPSA) is 190 Å². The average molecular weight is 976 g/mol. The second-order valence-electron chi connectivity index (χ2n) is 19.3. The van der Waals surface area contributed by atoms with Crippen molar-refractivity contribution >= 4 is 17.5 Å². The molecule has 8 rings (SSSR count). The van der Waals surface area contributed by atoms with Crippen LogP contribution in [-0.2, 0) is 32.2 Å². The summed E-state index contributed by atoms with van der Waals surface area (Å²) in [7, 11) is 0. The summed E-state index contributed by atoms with van der Waals surface area (Å²) >= 11 is 0. The van der Waals surface area contributed by atoms with Crippen molar-refractivity contribution in [3.05, 3.63) is 142 Å². The largest absolute Gasteiger partial charge is 0.459 e. The average Bonchev–Trinajstić information content (AvgIpc) is 3.84. The van der Waals surface area contributed by atoms with E-state index in [0.717, 1.165) is 41.5 Å². The highest BCUT2D eigenvalue weighted by Gasteiger charge is 2.66. The molecule has 2 aliphatic heterocycles. The maximum absolute atomic E-state index is 15.1. The molecule has 4 aromatic carbocycles. The van der Waals surface area contributed by atoms with Gasteiger partial charge in [-0.15, -0.1) is 6.58 Å². The van der Waals surface area contributed by atoms with Gasteiger partial charge in [0.1, 0.15) is 35.5 Å². The number of amides is 1. The number of fused-ring (bicyclic) bond motifs is 3. The molecule has 6 atom stereocenters. The zero-order valence-corrected chi connectivity index (χ0v) is 40.7. The van der Waals surface area contributed by atoms with E-state index in [1.807, 2.05) is 81.4 Å². The Morgan fingerprint density at radius 2 is 1.66 bits per heavy atom. The van der Waals surface area contributed by atoms with Crippen molar-refractivity contribution in [1.29, 1.82) is 0 Å². The summed E-state index contributed by atoms with van der Waals surface area (Å²) in [6.07, 6.45) is 7.59. The van der Waals surface area contributed by atoms with Crippen LogP contribution >= 0.6 is 0 Å². The first-order valence-corrected chi connectivity index (χ1v) is 24.5. The standard InChI is InChI=1S/C55H65N3O13/c1-5-26-68-55-50(57(34-38-20-22-48-49(29-38)67-36-66-48)53(61)65-28-27-64-35-37-14-7-6-8-15-37)33-46(56-71-54(2,3)4)44-30-39(16-9-11-24-59)43(19-10-12-25-60)51(52(44)55)45-32-42(21-23-47(45)70-55)69-41-18-13-17-40(31-41)58(62)63/h5-8,13-15,17-18,20-23,29-32,39,43,50-52,59-60H,1,9-12,16,19,24-28,33-36H2,2-4H3. The molecule has 1 saturated carbocycles. The number of carbonyl (C=O) groups is 1. The summed E-state index contributed by atoms with van der Waals surface area (Å²) in [6.45, 7) is 10.5. The minimum Gasteiger partial charge on any atom is -0.459 e. The molecule has 6 unspecified atom stereocenters. The second kappa shape index (κ2) is 23.2. The molecule has 16 heteroatoms. The number of rotatable bonds is 23. The van der Waals surface area contributed by atoms with Gasteiger partial charge in [-0.2, -0.15) is 0 Å². The van der Waals surface area contributed by atoms with Crippen LogP contribution < -0.4 is 18.9 Å². The molecule has 16 nitrogen and oxygen atoms in total. The molecule has 1 fully saturated rings. The van der Waals surface area contributed by atoms with Gasteiger partial charge in [-0.3, -0.25) is 15.0 Å². The molecule has 0 aromatic heterocycles. The number of oxime groups is 1. The highest BCUT2D eigenvalue weighted by atomic mass is 16.7. The van der Waals surface area contributed by atoms with Crippen LogP contribution in [0.5, 0.6) is 28.7 Å². The van der Waals surface area contributed by atoms with Gasteiger partial charge in [-0.05, 0) is 111 Å². The number of allylic oxidation sites excluding steroid dienone is 1. The van der Waals surface area contributed by atoms with Crippen LogP contribution in [0, 0.1) is 27.9 Å². The number of ether oxygens (including phenoxy) is 7. The lowest BCUT2D eigenvalue weighted by Gasteiger charge is -2.60. The molecule has 2 aliphatic carbocycles. The summed E-state index contributed by atoms with van der Waals surface area (Å²) < 4.78 is 44.5. The third kappa shape index (κ3) is 12.0. The van der Waals surface area contributed by atoms with E-state index in [0.29, 0.717) is 60.3 Å². The van der Waals surface area contributed by atoms with E-state index < -0.39 is 34.4 Å². The van der Waals surface area contributed by atoms with Crippen molar-refractivity contribution in [1.82, 2.24) is 4.90 Å². The Hall–Kier alpha value is -6.46. The summed E-state index contributed by atoms with van der Waals surface area (Å²) in [4.78, 5) is 34.4. The molecule has 4 aliphatic rings. The zero-order chi connectivity index (χ0) is 50.0. The minimum absolute atomic E-state index is 0.0251. The van der Waals surface area contributed by atoms with Crippen LogP contribution in [0.25, 0.3) is 0 Å². The number of hydrogen-bond donors (Lipinski definition) is 2. The Labute approximate surface area is 414 Å². The van der Waals surface area contributed by atoms with Gasteiger partial charge in [0.2, 0.25) is 12.6 Å². The Bertz CT molecular complexity index is 2540. The van der Waals surface area contributed by atoms with Crippen molar-refractivity contribution in [3.8, 4) is 28.7 Å². The number of carbonyl (C=O) groups excluding carboxylic acids is 1. The lowest BCUT2D eigenvalue weighted by atomic mass is 9.55. The van der Waals surface area contributed by atoms with Crippen molar-refractivity contribution in [2.75, 3.05) is 39.8 Å². The quantitative estimate of drug-likeness (QED) is 0.0309. The first kappa shape index (κ1) is 50.9. The van der Waals surface area contributed by atoms with Crippen LogP contribution in [0.1, 0.15) is 88.3 Å². The Kier molecular flexibility index (Phi) is 16.6. The van der Waals surface area contributed by atoms with Gasteiger partial charge >= 0.3 is 6.09 Å². The molecule has 2 heterocycles. The lowest BCUT2D eigenvalue weighted by Crippen LogP contribution is -2.70. The Morgan fingerprint density at radius 3 is 2.42 bits per heavy atom. The smallest absolute Gasteiger partial charge is 0.410 e. The number of nitrogens with zero attached hydrogens (tertiary/aromatic N) is 3. The van der Waals surface area contributed by atoms with Crippen molar-refractivity contribution in [2.24, 2.45) is 22.9 Å². The molecular weight excluding hydrogens is 911 g/mol. The van der Waals surface area contributed by atoms with E-state index in [1.54, 1.807) is 29.2 Å². The predicted octanol–water partition coefficient (Wildman–Crippen LogP) is 10.4. The van der Waals surface area contributed by atoms with Crippen LogP contribution in [-0.4, -0.2) is 89.1 Å². The van der Waals surface area contributed by atoms with Gasteiger partial charge in [-0.1, -0.05) is 72.6 Å². The lowest BCUT2D eigenvalue weighted by molar-refractivity contribution is -0.384. The number of aliphatic hydroxyl groups excluding tert-OH is 2. The van der Waals surface area contributed by atoms with Crippen molar-refractivity contribution in [3.63, 3.8) is 0 Å². The SMILES string of the molecule is C=CCOC12Oc3ccc(Oc4cccc([N+](=O)[O-])c4)cc3C3C(CCCCO)C(CCCCO)C=C(C(=NOC(C)(C)C)CC1N(Cc1ccc4c(c1)OCO4)C(=O)OCCOCc1ccccc1)C32. The molecule has 1 amide bonds. The number of nitro groups is 1. The zero-order valence-electron chi connectivity index (χ0n) is 40.7. The summed E-state index contributed by atoms with van der Waals surface area (Å²) in [5, 5.41) is 36.8.